The van der Waals surface area contributed by atoms with E-state index >= 15 is 0 Å². The zero-order valence-electron chi connectivity index (χ0n) is 13.4. The molecule has 1 N–H and O–H groups in total. The first-order valence-corrected chi connectivity index (χ1v) is 7.90. The summed E-state index contributed by atoms with van der Waals surface area (Å²) < 4.78 is 5.36. The third-order valence-corrected chi connectivity index (χ3v) is 4.10. The molecule has 2 rings (SSSR count). The molecular formula is C17H26N2O3. The smallest absolute Gasteiger partial charge is 0.410 e. The number of hydrogen-bond acceptors (Lipinski definition) is 4. The first kappa shape index (κ1) is 16.8. The lowest BCUT2D eigenvalue weighted by Crippen LogP contribution is -2.47. The fraction of sp³-hybridized carbons (Fsp3) is 0.588. The molecule has 1 aliphatic heterocycles. The van der Waals surface area contributed by atoms with Gasteiger partial charge in [-0.15, -0.1) is 0 Å². The van der Waals surface area contributed by atoms with E-state index in [1.807, 2.05) is 37.4 Å². The molecule has 1 unspecified atom stereocenters. The van der Waals surface area contributed by atoms with Crippen LogP contribution in [0.25, 0.3) is 0 Å². The molecule has 0 spiro atoms. The number of piperidine rings is 1. The van der Waals surface area contributed by atoms with Crippen molar-refractivity contribution >= 4 is 6.09 Å². The van der Waals surface area contributed by atoms with E-state index in [2.05, 4.69) is 4.90 Å². The molecule has 1 aromatic rings. The minimum absolute atomic E-state index is 0.236. The summed E-state index contributed by atoms with van der Waals surface area (Å²) in [5, 5.41) is 9.45. The largest absolute Gasteiger partial charge is 0.445 e. The van der Waals surface area contributed by atoms with Crippen molar-refractivity contribution in [3.63, 3.8) is 0 Å². The number of likely N-dealkylation sites (tertiary alicyclic amines) is 1. The maximum Gasteiger partial charge on any atom is 0.410 e. The van der Waals surface area contributed by atoms with Gasteiger partial charge in [-0.2, -0.15) is 0 Å². The summed E-state index contributed by atoms with van der Waals surface area (Å²) >= 11 is 0. The van der Waals surface area contributed by atoms with Gasteiger partial charge in [0.15, 0.2) is 0 Å². The lowest BCUT2D eigenvalue weighted by Gasteiger charge is -2.36. The normalized spacial score (nSPS) is 17.5. The molecule has 122 valence electrons. The van der Waals surface area contributed by atoms with Gasteiger partial charge in [0.25, 0.3) is 0 Å². The highest BCUT2D eigenvalue weighted by Gasteiger charge is 2.26. The van der Waals surface area contributed by atoms with Crippen LogP contribution in [0.1, 0.15) is 25.3 Å². The van der Waals surface area contributed by atoms with Crippen molar-refractivity contribution in [1.82, 2.24) is 9.80 Å². The van der Waals surface area contributed by atoms with Crippen LogP contribution >= 0.6 is 0 Å². The van der Waals surface area contributed by atoms with Crippen molar-refractivity contribution in [3.8, 4) is 0 Å². The molecule has 0 aromatic heterocycles. The van der Waals surface area contributed by atoms with Crippen LogP contribution in [0.15, 0.2) is 30.3 Å². The number of carbonyl (C=O) groups excluding carboxylic acids is 1. The number of benzene rings is 1. The Kier molecular flexibility index (Phi) is 6.21. The van der Waals surface area contributed by atoms with E-state index in [-0.39, 0.29) is 12.2 Å². The molecule has 1 atom stereocenters. The number of rotatable bonds is 5. The lowest BCUT2D eigenvalue weighted by molar-refractivity contribution is 0.0605. The summed E-state index contributed by atoms with van der Waals surface area (Å²) in [5.41, 5.74) is 1.00. The summed E-state index contributed by atoms with van der Waals surface area (Å²) in [7, 11) is 2.03. The first-order valence-electron chi connectivity index (χ1n) is 7.90. The average molecular weight is 306 g/mol. The molecule has 0 radical (unpaired) electrons. The maximum atomic E-state index is 12.1. The lowest BCUT2D eigenvalue weighted by atomic mass is 10.0. The van der Waals surface area contributed by atoms with Gasteiger partial charge in [-0.1, -0.05) is 30.3 Å². The Morgan fingerprint density at radius 1 is 1.36 bits per heavy atom. The zero-order chi connectivity index (χ0) is 15.9. The fourth-order valence-electron chi connectivity index (χ4n) is 2.87. The summed E-state index contributed by atoms with van der Waals surface area (Å²) in [6, 6.07) is 10.1. The van der Waals surface area contributed by atoms with Gasteiger partial charge in [0.05, 0.1) is 6.10 Å². The van der Waals surface area contributed by atoms with Gasteiger partial charge in [0.2, 0.25) is 0 Å². The Bertz CT molecular complexity index is 456. The van der Waals surface area contributed by atoms with Crippen LogP contribution in [-0.4, -0.2) is 59.8 Å². The molecule has 1 aliphatic rings. The minimum Gasteiger partial charge on any atom is -0.445 e. The van der Waals surface area contributed by atoms with Gasteiger partial charge in [0.1, 0.15) is 6.61 Å². The molecule has 1 amide bonds. The second kappa shape index (κ2) is 8.15. The number of hydrogen-bond donors (Lipinski definition) is 1. The molecule has 5 nitrogen and oxygen atoms in total. The van der Waals surface area contributed by atoms with Crippen molar-refractivity contribution in [2.75, 3.05) is 26.7 Å². The van der Waals surface area contributed by atoms with Crippen LogP contribution in [0.4, 0.5) is 4.79 Å². The highest BCUT2D eigenvalue weighted by Crippen LogP contribution is 2.16. The van der Waals surface area contributed by atoms with Crippen LogP contribution in [0.5, 0.6) is 0 Å². The minimum atomic E-state index is -0.320. The molecular weight excluding hydrogens is 280 g/mol. The van der Waals surface area contributed by atoms with Crippen LogP contribution in [-0.2, 0) is 11.3 Å². The van der Waals surface area contributed by atoms with Gasteiger partial charge < -0.3 is 19.6 Å². The highest BCUT2D eigenvalue weighted by atomic mass is 16.6. The SMILES string of the molecule is CC(O)CN(C)C1CCN(C(=O)OCc2ccccc2)CC1. The van der Waals surface area contributed by atoms with Crippen LogP contribution in [0, 0.1) is 0 Å². The number of amides is 1. The maximum absolute atomic E-state index is 12.1. The average Bonchev–Trinajstić information content (AvgIpc) is 2.53. The molecule has 22 heavy (non-hydrogen) atoms. The first-order chi connectivity index (χ1) is 10.6. The second-order valence-corrected chi connectivity index (χ2v) is 6.05. The quantitative estimate of drug-likeness (QED) is 0.905. The summed E-state index contributed by atoms with van der Waals surface area (Å²) in [6.07, 6.45) is 1.28. The molecule has 1 heterocycles. The van der Waals surface area contributed by atoms with E-state index in [0.717, 1.165) is 18.4 Å². The van der Waals surface area contributed by atoms with E-state index in [9.17, 15) is 9.90 Å². The molecule has 0 aliphatic carbocycles. The zero-order valence-corrected chi connectivity index (χ0v) is 13.4. The Morgan fingerprint density at radius 3 is 2.59 bits per heavy atom. The van der Waals surface area contributed by atoms with Crippen molar-refractivity contribution in [1.29, 1.82) is 0 Å². The summed E-state index contributed by atoms with van der Waals surface area (Å²) in [4.78, 5) is 16.0. The summed E-state index contributed by atoms with van der Waals surface area (Å²) in [5.74, 6) is 0. The molecule has 1 aromatic carbocycles. The van der Waals surface area contributed by atoms with Gasteiger partial charge in [0, 0.05) is 25.7 Å². The van der Waals surface area contributed by atoms with E-state index in [4.69, 9.17) is 4.74 Å². The van der Waals surface area contributed by atoms with Crippen molar-refractivity contribution in [2.24, 2.45) is 0 Å². The van der Waals surface area contributed by atoms with E-state index < -0.39 is 0 Å². The Balaban J connectivity index is 1.73. The second-order valence-electron chi connectivity index (χ2n) is 6.05. The monoisotopic (exact) mass is 306 g/mol. The summed E-state index contributed by atoms with van der Waals surface area (Å²) in [6.45, 7) is 4.21. The van der Waals surface area contributed by atoms with Gasteiger partial charge in [-0.25, -0.2) is 4.79 Å². The molecule has 5 heteroatoms. The van der Waals surface area contributed by atoms with Gasteiger partial charge >= 0.3 is 6.09 Å². The molecule has 1 saturated heterocycles. The van der Waals surface area contributed by atoms with Crippen LogP contribution in [0.2, 0.25) is 0 Å². The number of aliphatic hydroxyl groups is 1. The third-order valence-electron chi connectivity index (χ3n) is 4.10. The van der Waals surface area contributed by atoms with Crippen LogP contribution in [0.3, 0.4) is 0 Å². The topological polar surface area (TPSA) is 53.0 Å². The van der Waals surface area contributed by atoms with Crippen molar-refractivity contribution in [3.05, 3.63) is 35.9 Å². The van der Waals surface area contributed by atoms with E-state index in [0.29, 0.717) is 32.3 Å². The highest BCUT2D eigenvalue weighted by molar-refractivity contribution is 5.67. The Morgan fingerprint density at radius 2 is 2.00 bits per heavy atom. The standard InChI is InChI=1S/C17H26N2O3/c1-14(20)12-18(2)16-8-10-19(11-9-16)17(21)22-13-15-6-4-3-5-7-15/h3-7,14,16,20H,8-13H2,1-2H3. The number of aliphatic hydroxyl groups excluding tert-OH is 1. The third kappa shape index (κ3) is 5.00. The number of nitrogens with zero attached hydrogens (tertiary/aromatic N) is 2. The Labute approximate surface area is 132 Å². The number of carbonyl (C=O) groups is 1. The number of ether oxygens (including phenoxy) is 1. The molecule has 0 bridgehead atoms. The predicted octanol–water partition coefficient (Wildman–Crippen LogP) is 2.10. The van der Waals surface area contributed by atoms with E-state index in [1.165, 1.54) is 0 Å². The fourth-order valence-corrected chi connectivity index (χ4v) is 2.87. The van der Waals surface area contributed by atoms with Gasteiger partial charge in [-0.3, -0.25) is 0 Å². The van der Waals surface area contributed by atoms with Gasteiger partial charge in [-0.05, 0) is 32.4 Å². The van der Waals surface area contributed by atoms with Crippen molar-refractivity contribution in [2.45, 2.75) is 38.5 Å². The van der Waals surface area contributed by atoms with E-state index in [1.54, 1.807) is 11.8 Å². The predicted molar refractivity (Wildman–Crippen MR) is 85.5 cm³/mol. The van der Waals surface area contributed by atoms with Crippen molar-refractivity contribution < 1.29 is 14.6 Å². The Hall–Kier alpha value is -1.59. The van der Waals surface area contributed by atoms with Crippen LogP contribution < -0.4 is 0 Å². The molecule has 1 fully saturated rings. The number of likely N-dealkylation sites (N-methyl/N-ethyl adjacent to an activating group) is 1. The molecule has 0 saturated carbocycles.